The van der Waals surface area contributed by atoms with Gasteiger partial charge in [-0.3, -0.25) is 19.2 Å². The maximum absolute atomic E-state index is 15.1. The van der Waals surface area contributed by atoms with Crippen molar-refractivity contribution in [1.82, 2.24) is 0 Å². The third-order valence-electron chi connectivity index (χ3n) is 16.9. The minimum Gasteiger partial charge on any atom is -0.507 e. The number of ketones is 2. The number of fused-ring (bicyclic) bond motifs is 2. The molecular formula is C57H82O26. The van der Waals surface area contributed by atoms with Crippen LogP contribution in [-0.2, 0) is 77.6 Å². The van der Waals surface area contributed by atoms with Crippen LogP contribution in [0.1, 0.15) is 115 Å². The van der Waals surface area contributed by atoms with E-state index in [4.69, 9.17) is 61.6 Å². The molecule has 0 radical (unpaired) electrons. The Kier molecular flexibility index (Phi) is 20.5. The first kappa shape index (κ1) is 64.7. The summed E-state index contributed by atoms with van der Waals surface area (Å²) >= 11 is 0. The number of carbonyl (C=O) groups excluding carboxylic acids is 4. The van der Waals surface area contributed by atoms with Gasteiger partial charge in [0, 0.05) is 71.7 Å². The Balaban J connectivity index is 1.03. The number of aliphatic hydroxyl groups is 7. The normalized spacial score (nSPS) is 38.9. The van der Waals surface area contributed by atoms with Gasteiger partial charge in [0.25, 0.3) is 0 Å². The summed E-state index contributed by atoms with van der Waals surface area (Å²) in [4.78, 5) is 53.1. The van der Waals surface area contributed by atoms with Gasteiger partial charge in [0.15, 0.2) is 42.8 Å². The first-order valence-corrected chi connectivity index (χ1v) is 28.2. The van der Waals surface area contributed by atoms with E-state index in [1.165, 1.54) is 61.0 Å². The lowest BCUT2D eigenvalue weighted by Gasteiger charge is -2.50. The van der Waals surface area contributed by atoms with E-state index in [0.29, 0.717) is 0 Å². The highest BCUT2D eigenvalue weighted by Gasteiger charge is 2.55. The molecule has 4 saturated heterocycles. The molecule has 4 aliphatic heterocycles. The van der Waals surface area contributed by atoms with Gasteiger partial charge in [-0.15, -0.1) is 0 Å². The Hall–Kier alpha value is -4.30. The van der Waals surface area contributed by atoms with E-state index in [2.05, 4.69) is 0 Å². The van der Waals surface area contributed by atoms with Crippen LogP contribution < -0.4 is 4.74 Å². The smallest absolute Gasteiger partial charge is 0.303 e. The molecule has 26 heteroatoms. The van der Waals surface area contributed by atoms with Crippen molar-refractivity contribution in [3.05, 3.63) is 28.8 Å². The molecule has 0 aromatic heterocycles. The lowest BCUT2D eigenvalue weighted by molar-refractivity contribution is -0.322. The van der Waals surface area contributed by atoms with Crippen molar-refractivity contribution in [2.75, 3.05) is 14.2 Å². The summed E-state index contributed by atoms with van der Waals surface area (Å²) in [6.07, 6.45) is -26.2. The zero-order chi connectivity index (χ0) is 60.8. The number of ether oxygens (including phenoxy) is 13. The molecule has 25 atom stereocenters. The predicted molar refractivity (Wildman–Crippen MR) is 282 cm³/mol. The van der Waals surface area contributed by atoms with E-state index in [-0.39, 0.29) is 84.1 Å². The van der Waals surface area contributed by atoms with Crippen LogP contribution >= 0.6 is 0 Å². The van der Waals surface area contributed by atoms with Gasteiger partial charge in [-0.2, -0.15) is 0 Å². The van der Waals surface area contributed by atoms with Crippen molar-refractivity contribution in [2.24, 2.45) is 11.8 Å². The summed E-state index contributed by atoms with van der Waals surface area (Å²) in [5.41, 5.74) is -1.57. The number of phenols is 2. The first-order valence-electron chi connectivity index (χ1n) is 28.2. The fourth-order valence-electron chi connectivity index (χ4n) is 12.7. The first-order chi connectivity index (χ1) is 39.0. The number of hydrogen-bond donors (Lipinski definition) is 9. The molecular weight excluding hydrogens is 1100 g/mol. The number of rotatable bonds is 20. The van der Waals surface area contributed by atoms with Gasteiger partial charge in [0.1, 0.15) is 71.7 Å². The van der Waals surface area contributed by atoms with Crippen LogP contribution in [-0.4, -0.2) is 225 Å². The van der Waals surface area contributed by atoms with Crippen LogP contribution in [0.3, 0.4) is 0 Å². The van der Waals surface area contributed by atoms with Gasteiger partial charge in [-0.25, -0.2) is 0 Å². The molecule has 2 aromatic carbocycles. The van der Waals surface area contributed by atoms with Gasteiger partial charge >= 0.3 is 11.9 Å². The fraction of sp³-hybridized carbons (Fsp3) is 0.754. The molecule has 0 spiro atoms. The number of aromatic hydroxyl groups is 2. The van der Waals surface area contributed by atoms with Gasteiger partial charge < -0.3 is 108 Å². The minimum absolute atomic E-state index is 0.0293. The third kappa shape index (κ3) is 13.8. The number of aliphatic hydroxyl groups excluding tert-OH is 6. The van der Waals surface area contributed by atoms with E-state index in [1.807, 2.05) is 0 Å². The highest BCUT2D eigenvalue weighted by Crippen LogP contribution is 2.48. The molecule has 4 heterocycles. The van der Waals surface area contributed by atoms with Crippen molar-refractivity contribution in [2.45, 2.75) is 248 Å². The van der Waals surface area contributed by atoms with Crippen LogP contribution in [0.2, 0.25) is 0 Å². The number of phenolic OH excluding ortho intramolecular Hbond substituents is 2. The van der Waals surface area contributed by atoms with Gasteiger partial charge in [0.05, 0.1) is 59.8 Å². The summed E-state index contributed by atoms with van der Waals surface area (Å²) in [6, 6.07) is 3.02. The zero-order valence-corrected chi connectivity index (χ0v) is 48.4. The lowest BCUT2D eigenvalue weighted by Crippen LogP contribution is -2.61. The molecule has 9 N–H and O–H groups in total. The molecule has 26 nitrogen and oxygen atoms in total. The fourth-order valence-corrected chi connectivity index (χ4v) is 12.7. The Morgan fingerprint density at radius 1 is 0.735 bits per heavy atom. The zero-order valence-electron chi connectivity index (χ0n) is 48.4. The van der Waals surface area contributed by atoms with Crippen molar-refractivity contribution >= 4 is 34.3 Å². The summed E-state index contributed by atoms with van der Waals surface area (Å²) in [5.74, 6) is -5.55. The third-order valence-corrected chi connectivity index (χ3v) is 16.9. The molecule has 466 valence electrons. The number of benzene rings is 2. The van der Waals surface area contributed by atoms with E-state index in [1.54, 1.807) is 27.7 Å². The molecule has 0 amide bonds. The molecule has 0 bridgehead atoms. The maximum atomic E-state index is 15.1. The Morgan fingerprint density at radius 3 is 1.90 bits per heavy atom. The molecule has 2 aliphatic carbocycles. The van der Waals surface area contributed by atoms with Crippen LogP contribution in [0, 0.1) is 18.8 Å². The Labute approximate surface area is 480 Å². The van der Waals surface area contributed by atoms with Crippen molar-refractivity contribution in [3.8, 4) is 17.2 Å². The second-order valence-corrected chi connectivity index (χ2v) is 23.2. The van der Waals surface area contributed by atoms with Gasteiger partial charge in [0.2, 0.25) is 6.29 Å². The van der Waals surface area contributed by atoms with Crippen molar-refractivity contribution < 1.29 is 127 Å². The van der Waals surface area contributed by atoms with E-state index in [0.717, 1.165) is 0 Å². The van der Waals surface area contributed by atoms with Crippen LogP contribution in [0.4, 0.5) is 0 Å². The van der Waals surface area contributed by atoms with E-state index >= 15 is 4.79 Å². The van der Waals surface area contributed by atoms with Crippen molar-refractivity contribution in [1.29, 1.82) is 0 Å². The lowest BCUT2D eigenvalue weighted by atomic mass is 9.67. The molecule has 8 rings (SSSR count). The maximum Gasteiger partial charge on any atom is 0.303 e. The SMILES string of the molecule is CO[C@H](C(=O)[C@@H](O)[C@@H](C)O)[C@@H]1Cc2cc3cc(O[C@H]4C[C@@H](O[C@H]5C[C@@H](O)[C@@H](OC)C(C)O5)[C@@H](OC(C)=O)C(C)O4)c(C)c(O)c3c(O)c2C(=O)[C@H]1O[C@H]1C[C@@H](O[C@H]2C[C@@H](O[C@H](O)C[C@]3(O)CC(C)[C@@H]3OC(C)=O)[C@H](O)C(C)O2)[C@H](O)C(C)O1. The number of esters is 2. The monoisotopic (exact) mass is 1180 g/mol. The quantitative estimate of drug-likeness (QED) is 0.0663. The second-order valence-electron chi connectivity index (χ2n) is 23.2. The average molecular weight is 1180 g/mol. The largest absolute Gasteiger partial charge is 0.507 e. The van der Waals surface area contributed by atoms with Crippen LogP contribution in [0.5, 0.6) is 17.2 Å². The number of carbonyl (C=O) groups is 4. The summed E-state index contributed by atoms with van der Waals surface area (Å²) in [6.45, 7) is 13.4. The summed E-state index contributed by atoms with van der Waals surface area (Å²) in [7, 11) is 2.63. The Bertz CT molecular complexity index is 2620. The second kappa shape index (κ2) is 26.4. The molecule has 5 unspecified atom stereocenters. The highest BCUT2D eigenvalue weighted by atomic mass is 16.7. The average Bonchev–Trinajstić information content (AvgIpc) is 3.58. The molecule has 5 fully saturated rings. The predicted octanol–water partition coefficient (Wildman–Crippen LogP) is 1.14. The number of hydrogen-bond acceptors (Lipinski definition) is 26. The number of Topliss-reactive ketones (excluding diaryl/α,β-unsaturated/α-hetero) is 2. The minimum atomic E-state index is -1.97. The van der Waals surface area contributed by atoms with Crippen molar-refractivity contribution in [3.63, 3.8) is 0 Å². The molecule has 1 saturated carbocycles. The molecule has 83 heavy (non-hydrogen) atoms. The van der Waals surface area contributed by atoms with Crippen LogP contribution in [0.15, 0.2) is 12.1 Å². The Morgan fingerprint density at radius 2 is 1.30 bits per heavy atom. The number of methoxy groups -OCH3 is 2. The topological polar surface area (TPSA) is 370 Å². The van der Waals surface area contributed by atoms with Gasteiger partial charge in [-0.05, 0) is 83.4 Å². The molecule has 6 aliphatic rings. The highest BCUT2D eigenvalue weighted by molar-refractivity contribution is 6.11. The standard InChI is InChI=1S/C57H82O26/c1-21-19-57(70,56(21)78-29(9)60)20-38(62)79-35-16-40(73-24(4)47(35)65)81-36-17-42(74-25(5)48(36)66)83-55-32(54(72-11)51(69)46(64)23(3)58)13-30-12-31-14-34(22(2)45(63)43(31)49(67)44(30)50(55)68)80-41-18-37(53(27(7)76-41)77-28(8)59)82-39-15-33(61)52(71-10)26(6)75-39/h12,14,21,23-27,32-33,35-42,46-48,52-56,58,61-67,70H,13,15-20H2,1-11H3/t21?,23-,24?,25?,26?,27?,32+,33-,35-,36-,37-,38+,39+,40+,41+,42+,46+,47-,48-,52+,53+,54+,55+,56+,57-/m1/s1. The van der Waals surface area contributed by atoms with Gasteiger partial charge in [-0.1, -0.05) is 6.92 Å². The van der Waals surface area contributed by atoms with E-state index < -0.39 is 182 Å². The van der Waals surface area contributed by atoms with E-state index in [9.17, 15) is 60.3 Å². The summed E-state index contributed by atoms with van der Waals surface area (Å²) < 4.78 is 77.6. The molecule has 2 aromatic rings. The summed E-state index contributed by atoms with van der Waals surface area (Å²) in [5, 5.41) is 101. The van der Waals surface area contributed by atoms with Crippen LogP contribution in [0.25, 0.3) is 10.8 Å².